The highest BCUT2D eigenvalue weighted by molar-refractivity contribution is 6.74. The summed E-state index contributed by atoms with van der Waals surface area (Å²) in [4.78, 5) is 0. The van der Waals surface area contributed by atoms with E-state index < -0.39 is 0 Å². The summed E-state index contributed by atoms with van der Waals surface area (Å²) < 4.78 is 0. The smallest absolute Gasteiger partial charge is 0.0819 e. The van der Waals surface area contributed by atoms with Gasteiger partial charge in [0.1, 0.15) is 0 Å². The number of benzene rings is 2. The van der Waals surface area contributed by atoms with Gasteiger partial charge in [-0.05, 0) is 38.5 Å². The van der Waals surface area contributed by atoms with Crippen LogP contribution in [0.4, 0.5) is 0 Å². The van der Waals surface area contributed by atoms with Gasteiger partial charge < -0.3 is 0 Å². The van der Waals surface area contributed by atoms with E-state index in [0.29, 0.717) is 26.9 Å². The predicted octanol–water partition coefficient (Wildman–Crippen LogP) is 4.20. The Kier molecular flexibility index (Phi) is 7.70. The Hall–Kier alpha value is -1.30. The number of rotatable bonds is 4. The summed E-state index contributed by atoms with van der Waals surface area (Å²) >= 11 is 0. The zero-order valence-corrected chi connectivity index (χ0v) is 20.9. The van der Waals surface area contributed by atoms with Crippen LogP contribution in [0.15, 0.2) is 24.3 Å². The average molecular weight is 396 g/mol. The minimum Gasteiger partial charge on any atom is -0.0819 e. The summed E-state index contributed by atoms with van der Waals surface area (Å²) in [6.07, 6.45) is 7.28. The van der Waals surface area contributed by atoms with Crippen molar-refractivity contribution in [1.82, 2.24) is 0 Å². The van der Waals surface area contributed by atoms with Crippen LogP contribution in [0.2, 0.25) is 54.6 Å². The Labute approximate surface area is 188 Å². The first-order valence-corrected chi connectivity index (χ1v) is 12.5. The lowest BCUT2D eigenvalue weighted by molar-refractivity contribution is 0.810. The van der Waals surface area contributed by atoms with Crippen molar-refractivity contribution in [2.24, 2.45) is 0 Å². The van der Waals surface area contributed by atoms with E-state index in [9.17, 15) is 0 Å². The second-order valence-electron chi connectivity index (χ2n) is 10.8. The highest BCUT2D eigenvalue weighted by Crippen LogP contribution is 2.15. The maximum atomic E-state index is 2.58. The van der Waals surface area contributed by atoms with Crippen LogP contribution in [-0.4, -0.2) is 26.9 Å². The summed E-state index contributed by atoms with van der Waals surface area (Å²) in [5, 5.41) is 0. The van der Waals surface area contributed by atoms with Gasteiger partial charge >= 0.3 is 0 Å². The predicted molar refractivity (Wildman–Crippen MR) is 145 cm³/mol. The molecule has 0 atom stereocenters. The first-order chi connectivity index (χ1) is 14.2. The van der Waals surface area contributed by atoms with Crippen LogP contribution >= 0.6 is 0 Å². The van der Waals surface area contributed by atoms with Crippen LogP contribution in [0, 0.1) is 0 Å². The Morgan fingerprint density at radius 1 is 0.400 bits per heavy atom. The summed E-state index contributed by atoms with van der Waals surface area (Å²) in [6.45, 7) is 21.3. The molecule has 0 heterocycles. The third-order valence-corrected chi connectivity index (χ3v) is 7.07. The van der Waals surface area contributed by atoms with Gasteiger partial charge in [0.15, 0.2) is 26.9 Å². The Bertz CT molecular complexity index is 736. The first kappa shape index (κ1) is 23.4. The first-order valence-electron chi connectivity index (χ1n) is 12.5. The second kappa shape index (κ2) is 9.88. The van der Waals surface area contributed by atoms with E-state index in [1.807, 2.05) is 0 Å². The fourth-order valence-electron chi connectivity index (χ4n) is 5.41. The molecule has 0 saturated heterocycles. The molecule has 4 aliphatic carbocycles. The molecule has 0 aromatic heterocycles. The maximum absolute atomic E-state index is 2.58. The van der Waals surface area contributed by atoms with Crippen molar-refractivity contribution in [3.8, 4) is 0 Å². The zero-order valence-electron chi connectivity index (χ0n) is 20.9. The third kappa shape index (κ3) is 5.12. The van der Waals surface area contributed by atoms with E-state index in [-0.39, 0.29) is 0 Å². The van der Waals surface area contributed by atoms with Crippen molar-refractivity contribution in [2.75, 3.05) is 0 Å². The monoisotopic (exact) mass is 396 g/mol. The second-order valence-corrected chi connectivity index (χ2v) is 10.8. The number of aryl methyl sites for hydroxylation is 4. The molecule has 0 unspecified atom stereocenters. The lowest BCUT2D eigenvalue weighted by Crippen LogP contribution is -2.37. The summed E-state index contributed by atoms with van der Waals surface area (Å²) in [7, 11) is 0. The SMILES string of the molecule is CB(C)c1cc2c(B(C)C)cc1CCCc1cc(B(C)C)c(cc1B(C)C)CCC2. The molecule has 0 amide bonds. The molecular formula is C26H40B4. The van der Waals surface area contributed by atoms with Crippen LogP contribution in [0.25, 0.3) is 0 Å². The fraction of sp³-hybridized carbons (Fsp3) is 0.538. The van der Waals surface area contributed by atoms with E-state index in [1.54, 1.807) is 44.1 Å². The molecule has 0 radical (unpaired) electrons. The molecule has 6 rings (SSSR count). The Morgan fingerprint density at radius 3 is 0.767 bits per heavy atom. The molecule has 0 N–H and O–H groups in total. The topological polar surface area (TPSA) is 0 Å². The van der Waals surface area contributed by atoms with Crippen LogP contribution < -0.4 is 21.9 Å². The minimum absolute atomic E-state index is 0.602. The highest BCUT2D eigenvalue weighted by atomic mass is 14.1. The van der Waals surface area contributed by atoms with Crippen molar-refractivity contribution in [3.63, 3.8) is 0 Å². The van der Waals surface area contributed by atoms with Crippen LogP contribution in [0.3, 0.4) is 0 Å². The van der Waals surface area contributed by atoms with Crippen LogP contribution in [-0.2, 0) is 25.7 Å². The molecule has 0 saturated carbocycles. The highest BCUT2D eigenvalue weighted by Gasteiger charge is 2.20. The summed E-state index contributed by atoms with van der Waals surface area (Å²) in [6, 6.07) is 10.3. The van der Waals surface area contributed by atoms with Crippen molar-refractivity contribution in [3.05, 3.63) is 46.5 Å². The van der Waals surface area contributed by atoms with E-state index in [1.165, 1.54) is 38.5 Å². The van der Waals surface area contributed by atoms with Gasteiger partial charge in [-0.1, -0.05) is 123 Å². The third-order valence-electron chi connectivity index (χ3n) is 7.07. The van der Waals surface area contributed by atoms with E-state index in [2.05, 4.69) is 78.9 Å². The van der Waals surface area contributed by atoms with Gasteiger partial charge in [0.05, 0.1) is 0 Å². The van der Waals surface area contributed by atoms with E-state index >= 15 is 0 Å². The number of hydrogen-bond donors (Lipinski definition) is 0. The lowest BCUT2D eigenvalue weighted by Gasteiger charge is -2.23. The average Bonchev–Trinajstić information content (AvgIpc) is 2.68. The normalized spacial score (nSPS) is 13.9. The van der Waals surface area contributed by atoms with Crippen molar-refractivity contribution in [2.45, 2.75) is 93.1 Å². The van der Waals surface area contributed by atoms with Gasteiger partial charge in [-0.3, -0.25) is 0 Å². The van der Waals surface area contributed by atoms with Crippen molar-refractivity contribution >= 4 is 48.7 Å². The molecule has 4 aliphatic rings. The number of hydrogen-bond acceptors (Lipinski definition) is 0. The fourth-order valence-corrected chi connectivity index (χ4v) is 5.41. The van der Waals surface area contributed by atoms with Gasteiger partial charge in [-0.15, -0.1) is 0 Å². The van der Waals surface area contributed by atoms with Crippen LogP contribution in [0.1, 0.15) is 35.1 Å². The molecule has 4 bridgehead atoms. The van der Waals surface area contributed by atoms with E-state index in [0.717, 1.165) is 0 Å². The van der Waals surface area contributed by atoms with Gasteiger partial charge in [0.25, 0.3) is 0 Å². The molecule has 0 nitrogen and oxygen atoms in total. The molecule has 0 fully saturated rings. The maximum Gasteiger partial charge on any atom is 0.169 e. The van der Waals surface area contributed by atoms with Gasteiger partial charge in [0, 0.05) is 0 Å². The largest absolute Gasteiger partial charge is 0.169 e. The molecular weight excluding hydrogens is 356 g/mol. The molecule has 30 heavy (non-hydrogen) atoms. The summed E-state index contributed by atoms with van der Waals surface area (Å²) in [5.41, 5.74) is 12.8. The minimum atomic E-state index is 0.602. The van der Waals surface area contributed by atoms with E-state index in [4.69, 9.17) is 0 Å². The zero-order chi connectivity index (χ0) is 22.0. The molecule has 0 aliphatic heterocycles. The molecule has 4 heteroatoms. The van der Waals surface area contributed by atoms with Gasteiger partial charge in [-0.2, -0.15) is 0 Å². The van der Waals surface area contributed by atoms with Gasteiger partial charge in [-0.25, -0.2) is 0 Å². The van der Waals surface area contributed by atoms with Crippen molar-refractivity contribution < 1.29 is 0 Å². The molecule has 0 spiro atoms. The molecule has 2 aromatic carbocycles. The van der Waals surface area contributed by atoms with Crippen molar-refractivity contribution in [1.29, 1.82) is 0 Å². The quantitative estimate of drug-likeness (QED) is 0.681. The van der Waals surface area contributed by atoms with Crippen LogP contribution in [0.5, 0.6) is 0 Å². The summed E-state index contributed by atoms with van der Waals surface area (Å²) in [5.74, 6) is 0. The Balaban J connectivity index is 2.09. The lowest BCUT2D eigenvalue weighted by atomic mass is 9.44. The standard InChI is InChI=1S/C26H40B4/c1-27(2)23-15-20-12-10-14-22-18-25(29(5)6)21(17-26(22)30(7)8)13-9-11-19(23)16-24(20)28(3)4/h15-18H,9-14H2,1-8H3. The molecule has 156 valence electrons. The molecule has 2 aromatic rings. The Morgan fingerprint density at radius 2 is 0.600 bits per heavy atom. The van der Waals surface area contributed by atoms with Gasteiger partial charge in [0.2, 0.25) is 0 Å².